The van der Waals surface area contributed by atoms with Crippen LogP contribution in [0.15, 0.2) is 36.6 Å². The number of ether oxygens (including phenoxy) is 1. The van der Waals surface area contributed by atoms with Crippen LogP contribution in [0.1, 0.15) is 6.92 Å². The second-order valence-electron chi connectivity index (χ2n) is 6.06. The van der Waals surface area contributed by atoms with Crippen molar-refractivity contribution >= 4 is 24.2 Å². The van der Waals surface area contributed by atoms with Crippen molar-refractivity contribution in [1.29, 1.82) is 0 Å². The fraction of sp³-hybridized carbons (Fsp3) is 0.500. The van der Waals surface area contributed by atoms with Crippen LogP contribution in [0.5, 0.6) is 0 Å². The molecule has 180 valence electrons. The highest BCUT2D eigenvalue weighted by Gasteiger charge is 2.49. The highest BCUT2D eigenvalue weighted by molar-refractivity contribution is 7.65. The van der Waals surface area contributed by atoms with E-state index in [1.165, 1.54) is 6.92 Å². The van der Waals surface area contributed by atoms with Crippen molar-refractivity contribution in [1.82, 2.24) is 4.90 Å². The molecule has 0 bridgehead atoms. The number of phosphoric acid groups is 2. The lowest BCUT2D eigenvalue weighted by molar-refractivity contribution is -0.0857. The molecule has 0 aromatic rings. The van der Waals surface area contributed by atoms with Crippen LogP contribution < -0.4 is 17.2 Å². The van der Waals surface area contributed by atoms with Gasteiger partial charge in [0.15, 0.2) is 6.23 Å². The minimum Gasteiger partial charge on any atom is -0.397 e. The Morgan fingerprint density at radius 2 is 1.77 bits per heavy atom. The predicted molar refractivity (Wildman–Crippen MR) is 105 cm³/mol. The van der Waals surface area contributed by atoms with Gasteiger partial charge < -0.3 is 61.1 Å². The molecule has 0 aromatic carbocycles. The standard InChI is InChI=1S/C12H25N4O12P3/c1-4-16(11(15)7(14)5(2)13)12-9(18)8(17)10(25-12)6(3)26-29(19)27-31(23,24)28-30(20,21)22/h4,6,8-10,12,17-19H,1-2,13-15H2,3H3,(H,23,24)(H2,20,21,22)/b11-7-/t6-,8?,9?,10?,12?,29?/m1/s1. The topological polar surface area (TPSA) is 274 Å². The molecular formula is C12H25N4O12P3. The summed E-state index contributed by atoms with van der Waals surface area (Å²) in [6.07, 6.45) is -6.07. The van der Waals surface area contributed by atoms with Crippen LogP contribution in [-0.4, -0.2) is 65.3 Å². The molecule has 7 atom stereocenters. The summed E-state index contributed by atoms with van der Waals surface area (Å²) in [6, 6.07) is 0. The second kappa shape index (κ2) is 10.7. The summed E-state index contributed by atoms with van der Waals surface area (Å²) in [5, 5.41) is 20.6. The maximum Gasteiger partial charge on any atom is 0.487 e. The number of aliphatic hydroxyl groups is 2. The van der Waals surface area contributed by atoms with E-state index in [-0.39, 0.29) is 17.2 Å². The number of nitrogens with two attached hydrogens (primary N) is 3. The van der Waals surface area contributed by atoms with Crippen molar-refractivity contribution in [2.45, 2.75) is 37.6 Å². The maximum atomic E-state index is 11.4. The van der Waals surface area contributed by atoms with Crippen molar-refractivity contribution in [3.8, 4) is 0 Å². The first-order chi connectivity index (χ1) is 14.0. The zero-order valence-electron chi connectivity index (χ0n) is 16.0. The van der Waals surface area contributed by atoms with Crippen molar-refractivity contribution in [3.63, 3.8) is 0 Å². The van der Waals surface area contributed by atoms with Gasteiger partial charge in [-0.05, 0) is 6.92 Å². The number of hydrogen-bond acceptors (Lipinski definition) is 13. The Morgan fingerprint density at radius 1 is 1.23 bits per heavy atom. The predicted octanol–water partition coefficient (Wildman–Crippen LogP) is -1.71. The van der Waals surface area contributed by atoms with E-state index in [1.54, 1.807) is 0 Å². The molecule has 0 spiro atoms. The van der Waals surface area contributed by atoms with Crippen LogP contribution in [0.4, 0.5) is 0 Å². The molecule has 0 aliphatic carbocycles. The first-order valence-corrected chi connectivity index (χ1v) is 12.2. The summed E-state index contributed by atoms with van der Waals surface area (Å²) >= 11 is 0. The fourth-order valence-corrected chi connectivity index (χ4v) is 5.13. The molecule has 1 saturated heterocycles. The van der Waals surface area contributed by atoms with Gasteiger partial charge >= 0.3 is 24.2 Å². The third kappa shape index (κ3) is 7.77. The van der Waals surface area contributed by atoms with Gasteiger partial charge in [-0.3, -0.25) is 0 Å². The van der Waals surface area contributed by atoms with Crippen LogP contribution in [0.2, 0.25) is 0 Å². The van der Waals surface area contributed by atoms with Crippen LogP contribution >= 0.6 is 24.2 Å². The summed E-state index contributed by atoms with van der Waals surface area (Å²) in [6.45, 7) is 8.16. The van der Waals surface area contributed by atoms with Crippen molar-refractivity contribution < 1.29 is 56.8 Å². The van der Waals surface area contributed by atoms with Gasteiger partial charge in [-0.2, -0.15) is 4.31 Å². The van der Waals surface area contributed by atoms with Gasteiger partial charge in [-0.1, -0.05) is 13.2 Å². The van der Waals surface area contributed by atoms with E-state index in [1.807, 2.05) is 0 Å². The van der Waals surface area contributed by atoms with Gasteiger partial charge in [0.1, 0.15) is 24.1 Å². The molecule has 0 amide bonds. The summed E-state index contributed by atoms with van der Waals surface area (Å²) in [5.41, 5.74) is 16.8. The van der Waals surface area contributed by atoms with Crippen LogP contribution in [0.25, 0.3) is 0 Å². The molecular weight excluding hydrogens is 485 g/mol. The third-order valence-corrected chi connectivity index (χ3v) is 7.32. The lowest BCUT2D eigenvalue weighted by Crippen LogP contribution is -2.44. The number of aliphatic hydroxyl groups excluding tert-OH is 2. The van der Waals surface area contributed by atoms with E-state index in [9.17, 15) is 29.1 Å². The maximum absolute atomic E-state index is 11.4. The monoisotopic (exact) mass is 510 g/mol. The molecule has 12 N–H and O–H groups in total. The van der Waals surface area contributed by atoms with Crippen molar-refractivity contribution in [2.24, 2.45) is 17.2 Å². The van der Waals surface area contributed by atoms with Gasteiger partial charge in [0.05, 0.1) is 17.5 Å². The highest BCUT2D eigenvalue weighted by atomic mass is 31.3. The molecule has 6 unspecified atom stereocenters. The Kier molecular flexibility index (Phi) is 9.63. The Morgan fingerprint density at radius 3 is 2.23 bits per heavy atom. The molecule has 16 nitrogen and oxygen atoms in total. The summed E-state index contributed by atoms with van der Waals surface area (Å²) in [4.78, 5) is 37.0. The van der Waals surface area contributed by atoms with E-state index < -0.39 is 54.9 Å². The molecule has 31 heavy (non-hydrogen) atoms. The summed E-state index contributed by atoms with van der Waals surface area (Å²) in [5.74, 6) is -0.198. The second-order valence-corrected chi connectivity index (χ2v) is 9.97. The summed E-state index contributed by atoms with van der Waals surface area (Å²) in [7, 11) is -14.0. The first-order valence-electron chi connectivity index (χ1n) is 8.08. The van der Waals surface area contributed by atoms with Gasteiger partial charge in [0.25, 0.3) is 0 Å². The number of hydrogen-bond donors (Lipinski definition) is 9. The minimum atomic E-state index is -5.41. The lowest BCUT2D eigenvalue weighted by Gasteiger charge is -2.30. The third-order valence-electron chi connectivity index (χ3n) is 3.75. The molecule has 0 aromatic heterocycles. The van der Waals surface area contributed by atoms with Gasteiger partial charge in [0, 0.05) is 6.20 Å². The Labute approximate surface area is 178 Å². The largest absolute Gasteiger partial charge is 0.487 e. The zero-order valence-corrected chi connectivity index (χ0v) is 18.7. The highest BCUT2D eigenvalue weighted by Crippen LogP contribution is 2.63. The smallest absolute Gasteiger partial charge is 0.397 e. The quantitative estimate of drug-likeness (QED) is 0.110. The molecule has 1 aliphatic heterocycles. The van der Waals surface area contributed by atoms with E-state index >= 15 is 0 Å². The van der Waals surface area contributed by atoms with Crippen LogP contribution in [0, 0.1) is 0 Å². The van der Waals surface area contributed by atoms with Crippen LogP contribution in [0.3, 0.4) is 0 Å². The Bertz CT molecular complexity index is 806. The number of rotatable bonds is 11. The molecule has 1 heterocycles. The number of nitrogens with zero attached hydrogens (tertiary/aromatic N) is 1. The van der Waals surface area contributed by atoms with Crippen molar-refractivity contribution in [2.75, 3.05) is 0 Å². The Hall–Kier alpha value is -1.09. The van der Waals surface area contributed by atoms with Gasteiger partial charge in [0.2, 0.25) is 0 Å². The zero-order chi connectivity index (χ0) is 24.3. The lowest BCUT2D eigenvalue weighted by atomic mass is 10.1. The average molecular weight is 510 g/mol. The van der Waals surface area contributed by atoms with Gasteiger partial charge in [-0.25, -0.2) is 13.4 Å². The van der Waals surface area contributed by atoms with Crippen molar-refractivity contribution in [3.05, 3.63) is 36.6 Å². The Balaban J connectivity index is 2.91. The molecule has 19 heteroatoms. The van der Waals surface area contributed by atoms with E-state index in [4.69, 9.17) is 36.2 Å². The SMILES string of the molecule is C=CN(/C(N)=C(\N)C(=C)N)C1OC([C@@H](C)OP(O)OP(=O)(O)OP(=O)(O)O)C(O)C1O. The van der Waals surface area contributed by atoms with Crippen LogP contribution in [-0.2, 0) is 27.0 Å². The van der Waals surface area contributed by atoms with E-state index in [0.717, 1.165) is 11.1 Å². The molecule has 1 aliphatic rings. The first kappa shape index (κ1) is 27.9. The molecule has 0 radical (unpaired) electrons. The average Bonchev–Trinajstić information content (AvgIpc) is 2.87. The van der Waals surface area contributed by atoms with E-state index in [2.05, 4.69) is 21.8 Å². The fourth-order valence-electron chi connectivity index (χ4n) is 2.41. The minimum absolute atomic E-state index is 0.0836. The summed E-state index contributed by atoms with van der Waals surface area (Å²) < 4.78 is 40.1. The molecule has 0 saturated carbocycles. The van der Waals surface area contributed by atoms with E-state index in [0.29, 0.717) is 0 Å². The van der Waals surface area contributed by atoms with Gasteiger partial charge in [-0.15, -0.1) is 0 Å². The molecule has 1 fully saturated rings. The normalized spacial score (nSPS) is 28.9. The molecule has 1 rings (SSSR count).